The number of nitrogens with zero attached hydrogens (tertiary/aromatic N) is 3. The molecule has 2 saturated heterocycles. The highest BCUT2D eigenvalue weighted by atomic mass is 35.5. The van der Waals surface area contributed by atoms with Crippen LogP contribution in [0.25, 0.3) is 0 Å². The van der Waals surface area contributed by atoms with Crippen molar-refractivity contribution in [2.24, 2.45) is 10.7 Å². The fourth-order valence-corrected chi connectivity index (χ4v) is 4.76. The van der Waals surface area contributed by atoms with Crippen LogP contribution in [0.4, 0.5) is 18.9 Å². The van der Waals surface area contributed by atoms with Crippen molar-refractivity contribution in [1.82, 2.24) is 9.80 Å². The molecule has 2 N–H and O–H groups in total. The van der Waals surface area contributed by atoms with E-state index in [1.807, 2.05) is 4.90 Å². The second-order valence-corrected chi connectivity index (χ2v) is 9.33. The third-order valence-corrected chi connectivity index (χ3v) is 6.77. The van der Waals surface area contributed by atoms with Crippen LogP contribution in [0.5, 0.6) is 0 Å². The van der Waals surface area contributed by atoms with Gasteiger partial charge >= 0.3 is 6.18 Å². The van der Waals surface area contributed by atoms with Crippen LogP contribution >= 0.6 is 11.6 Å². The number of likely N-dealkylation sites (tertiary alicyclic amines) is 2. The minimum absolute atomic E-state index is 0.00000594. The molecule has 9 heteroatoms. The molecule has 1 unspecified atom stereocenters. The first-order chi connectivity index (χ1) is 16.7. The number of aliphatic imine (C=N–C) groups is 1. The van der Waals surface area contributed by atoms with E-state index in [1.165, 1.54) is 12.8 Å². The molecule has 2 aliphatic heterocycles. The van der Waals surface area contributed by atoms with E-state index in [-0.39, 0.29) is 17.7 Å². The van der Waals surface area contributed by atoms with Gasteiger partial charge in [-0.15, -0.1) is 0 Å². The fraction of sp³-hybridized carbons (Fsp3) is 0.385. The summed E-state index contributed by atoms with van der Waals surface area (Å²) in [7, 11) is 0. The van der Waals surface area contributed by atoms with Crippen LogP contribution in [0.1, 0.15) is 41.6 Å². The lowest BCUT2D eigenvalue weighted by Crippen LogP contribution is -2.42. The van der Waals surface area contributed by atoms with E-state index < -0.39 is 11.9 Å². The molecular formula is C26H28ClF3N4O. The Morgan fingerprint density at radius 1 is 1.03 bits per heavy atom. The minimum atomic E-state index is -4.70. The number of amides is 1. The molecule has 0 aromatic heterocycles. The topological polar surface area (TPSA) is 61.9 Å². The third kappa shape index (κ3) is 6.24. The first-order valence-corrected chi connectivity index (χ1v) is 12.1. The Bertz CT molecular complexity index is 1110. The van der Waals surface area contributed by atoms with Crippen molar-refractivity contribution in [3.63, 3.8) is 0 Å². The van der Waals surface area contributed by atoms with Crippen molar-refractivity contribution in [3.8, 4) is 0 Å². The molecule has 4 rings (SSSR count). The van der Waals surface area contributed by atoms with Gasteiger partial charge in [-0.1, -0.05) is 35.9 Å². The highest BCUT2D eigenvalue weighted by Gasteiger charge is 2.33. The Morgan fingerprint density at radius 3 is 2.34 bits per heavy atom. The third-order valence-electron chi connectivity index (χ3n) is 6.45. The van der Waals surface area contributed by atoms with Crippen molar-refractivity contribution in [3.05, 3.63) is 76.5 Å². The van der Waals surface area contributed by atoms with Gasteiger partial charge in [-0.05, 0) is 69.1 Å². The standard InChI is InChI=1S/C26H28ClF3N4O/c27-21-7-1-2-8-22(21)32-23(16-24(31)26(28,29)30)18-9-11-19(12-10-18)25(35)34-15-5-6-20(34)17-33-13-3-4-14-33/h1-2,7-12,16,20H,3-6,13-15,17,31H2/b24-16-,32-23?. The zero-order valence-corrected chi connectivity index (χ0v) is 20.0. The number of benzene rings is 2. The van der Waals surface area contributed by atoms with Crippen LogP contribution < -0.4 is 5.73 Å². The maximum Gasteiger partial charge on any atom is 0.430 e. The van der Waals surface area contributed by atoms with Gasteiger partial charge in [-0.3, -0.25) is 4.79 Å². The lowest BCUT2D eigenvalue weighted by atomic mass is 10.0. The Kier molecular flexibility index (Phi) is 7.82. The van der Waals surface area contributed by atoms with Crippen LogP contribution in [0, 0.1) is 0 Å². The summed E-state index contributed by atoms with van der Waals surface area (Å²) in [5.74, 6) is -0.0619. The number of hydrogen-bond acceptors (Lipinski definition) is 4. The summed E-state index contributed by atoms with van der Waals surface area (Å²) in [6, 6.07) is 13.2. The molecule has 2 heterocycles. The van der Waals surface area contributed by atoms with Crippen LogP contribution in [0.2, 0.25) is 5.02 Å². The second kappa shape index (κ2) is 10.8. The van der Waals surface area contributed by atoms with E-state index in [2.05, 4.69) is 9.89 Å². The maximum atomic E-state index is 13.2. The van der Waals surface area contributed by atoms with Gasteiger partial charge in [0.05, 0.1) is 16.4 Å². The van der Waals surface area contributed by atoms with Crippen molar-refractivity contribution < 1.29 is 18.0 Å². The second-order valence-electron chi connectivity index (χ2n) is 8.93. The summed E-state index contributed by atoms with van der Waals surface area (Å²) in [5, 5.41) is 0.300. The Balaban J connectivity index is 1.58. The number of nitrogens with two attached hydrogens (primary N) is 1. The van der Waals surface area contributed by atoms with Gasteiger partial charge in [0.15, 0.2) is 0 Å². The summed E-state index contributed by atoms with van der Waals surface area (Å²) < 4.78 is 39.4. The minimum Gasteiger partial charge on any atom is -0.395 e. The highest BCUT2D eigenvalue weighted by Crippen LogP contribution is 2.28. The van der Waals surface area contributed by atoms with Crippen molar-refractivity contribution in [1.29, 1.82) is 0 Å². The largest absolute Gasteiger partial charge is 0.430 e. The predicted molar refractivity (Wildman–Crippen MR) is 132 cm³/mol. The molecule has 0 bridgehead atoms. The monoisotopic (exact) mass is 504 g/mol. The van der Waals surface area contributed by atoms with Crippen LogP contribution in [-0.2, 0) is 0 Å². The molecule has 0 aliphatic carbocycles. The smallest absolute Gasteiger partial charge is 0.395 e. The van der Waals surface area contributed by atoms with Crippen LogP contribution in [-0.4, -0.2) is 59.8 Å². The molecule has 2 aliphatic rings. The Hall–Kier alpha value is -2.84. The van der Waals surface area contributed by atoms with Crippen LogP contribution in [0.15, 0.2) is 65.3 Å². The number of hydrogen-bond donors (Lipinski definition) is 1. The van der Waals surface area contributed by atoms with Gasteiger partial charge in [0.25, 0.3) is 5.91 Å². The number of carbonyl (C=O) groups excluding carboxylic acids is 1. The van der Waals surface area contributed by atoms with Gasteiger partial charge in [0.1, 0.15) is 5.70 Å². The fourth-order valence-electron chi connectivity index (χ4n) is 4.59. The summed E-state index contributed by atoms with van der Waals surface area (Å²) in [6.07, 6.45) is 0.444. The number of halogens is 4. The number of para-hydroxylation sites is 1. The molecule has 1 amide bonds. The zero-order valence-electron chi connectivity index (χ0n) is 19.3. The lowest BCUT2D eigenvalue weighted by molar-refractivity contribution is -0.0925. The first-order valence-electron chi connectivity index (χ1n) is 11.7. The average Bonchev–Trinajstić information content (AvgIpc) is 3.51. The van der Waals surface area contributed by atoms with E-state index >= 15 is 0 Å². The molecule has 2 fully saturated rings. The van der Waals surface area contributed by atoms with Gasteiger partial charge < -0.3 is 15.5 Å². The van der Waals surface area contributed by atoms with E-state index in [9.17, 15) is 18.0 Å². The highest BCUT2D eigenvalue weighted by molar-refractivity contribution is 6.33. The number of rotatable bonds is 6. The average molecular weight is 505 g/mol. The van der Waals surface area contributed by atoms with Crippen molar-refractivity contribution >= 4 is 28.9 Å². The van der Waals surface area contributed by atoms with Gasteiger partial charge in [0.2, 0.25) is 0 Å². The lowest BCUT2D eigenvalue weighted by Gasteiger charge is -2.28. The van der Waals surface area contributed by atoms with E-state index in [1.54, 1.807) is 48.5 Å². The Morgan fingerprint density at radius 2 is 1.69 bits per heavy atom. The Labute approximate surface area is 208 Å². The molecule has 0 radical (unpaired) electrons. The molecule has 0 saturated carbocycles. The van der Waals surface area contributed by atoms with E-state index in [4.69, 9.17) is 17.3 Å². The molecule has 2 aromatic carbocycles. The molecule has 0 spiro atoms. The van der Waals surface area contributed by atoms with Gasteiger partial charge in [-0.2, -0.15) is 13.2 Å². The summed E-state index contributed by atoms with van der Waals surface area (Å²) >= 11 is 6.16. The maximum absolute atomic E-state index is 13.2. The summed E-state index contributed by atoms with van der Waals surface area (Å²) in [4.78, 5) is 21.9. The molecule has 1 atom stereocenters. The quantitative estimate of drug-likeness (QED) is 0.523. The molecule has 5 nitrogen and oxygen atoms in total. The summed E-state index contributed by atoms with van der Waals surface area (Å²) in [5.41, 5.74) is 5.21. The predicted octanol–water partition coefficient (Wildman–Crippen LogP) is 5.57. The van der Waals surface area contributed by atoms with Gasteiger partial charge in [-0.25, -0.2) is 4.99 Å². The SMILES string of the molecule is N/C(=C\C(=Nc1ccccc1Cl)c1ccc(C(=O)N2CCCC2CN2CCCC2)cc1)C(F)(F)F. The number of allylic oxidation sites excluding steroid dienone is 2. The van der Waals surface area contributed by atoms with Crippen LogP contribution in [0.3, 0.4) is 0 Å². The van der Waals surface area contributed by atoms with Crippen molar-refractivity contribution in [2.75, 3.05) is 26.2 Å². The molecular weight excluding hydrogens is 477 g/mol. The van der Waals surface area contributed by atoms with Crippen molar-refractivity contribution in [2.45, 2.75) is 37.9 Å². The number of alkyl halides is 3. The molecule has 35 heavy (non-hydrogen) atoms. The zero-order chi connectivity index (χ0) is 25.0. The molecule has 186 valence electrons. The number of carbonyl (C=O) groups is 1. The van der Waals surface area contributed by atoms with Gasteiger partial charge in [0, 0.05) is 30.3 Å². The van der Waals surface area contributed by atoms with E-state index in [0.29, 0.717) is 28.4 Å². The molecule has 2 aromatic rings. The van der Waals surface area contributed by atoms with E-state index in [0.717, 1.165) is 38.6 Å². The summed E-state index contributed by atoms with van der Waals surface area (Å²) in [6.45, 7) is 3.76. The normalized spacial score (nSPS) is 20.0. The first kappa shape index (κ1) is 25.3.